The van der Waals surface area contributed by atoms with Crippen molar-refractivity contribution in [2.75, 3.05) is 0 Å². The first-order chi connectivity index (χ1) is 6.27. The van der Waals surface area contributed by atoms with Crippen LogP contribution in [-0.2, 0) is 0 Å². The Morgan fingerprint density at radius 1 is 1.23 bits per heavy atom. The maximum atomic E-state index is 9.28. The zero-order chi connectivity index (χ0) is 9.26. The van der Waals surface area contributed by atoms with Crippen molar-refractivity contribution in [2.24, 2.45) is 0 Å². The van der Waals surface area contributed by atoms with E-state index >= 15 is 0 Å². The minimum absolute atomic E-state index is 0.558. The fraction of sp³-hybridized carbons (Fsp3) is 0.200. The van der Waals surface area contributed by atoms with Crippen LogP contribution in [0.5, 0.6) is 0 Å². The first-order valence-corrected chi connectivity index (χ1v) is 4.17. The third-order valence-corrected chi connectivity index (χ3v) is 1.90. The topological polar surface area (TPSA) is 46.0 Å². The molecule has 0 amide bonds. The maximum absolute atomic E-state index is 9.28. The average molecular weight is 174 g/mol. The molecule has 1 atom stereocenters. The summed E-state index contributed by atoms with van der Waals surface area (Å²) in [5.41, 5.74) is 2.28. The van der Waals surface area contributed by atoms with E-state index in [4.69, 9.17) is 0 Å². The molecule has 0 spiro atoms. The van der Waals surface area contributed by atoms with Crippen LogP contribution in [0.4, 0.5) is 0 Å². The summed E-state index contributed by atoms with van der Waals surface area (Å²) in [6, 6.07) is 7.60. The van der Waals surface area contributed by atoms with E-state index in [1.807, 2.05) is 24.3 Å². The predicted molar refractivity (Wildman–Crippen MR) is 50.2 cm³/mol. The number of aliphatic hydroxyl groups excluding tert-OH is 1. The van der Waals surface area contributed by atoms with Gasteiger partial charge in [-0.05, 0) is 19.1 Å². The first kappa shape index (κ1) is 8.13. The van der Waals surface area contributed by atoms with Crippen LogP contribution in [0.25, 0.3) is 11.0 Å². The second-order valence-corrected chi connectivity index (χ2v) is 2.96. The van der Waals surface area contributed by atoms with Crippen LogP contribution in [0.1, 0.15) is 18.7 Å². The van der Waals surface area contributed by atoms with Crippen molar-refractivity contribution in [3.05, 3.63) is 36.2 Å². The molecule has 2 aromatic rings. The zero-order valence-corrected chi connectivity index (χ0v) is 7.31. The average Bonchev–Trinajstić information content (AvgIpc) is 2.17. The Morgan fingerprint density at radius 2 is 1.92 bits per heavy atom. The van der Waals surface area contributed by atoms with Gasteiger partial charge in [0.1, 0.15) is 0 Å². The summed E-state index contributed by atoms with van der Waals surface area (Å²) < 4.78 is 0. The molecule has 2 rings (SSSR count). The molecule has 1 heterocycles. The SMILES string of the molecule is C[C@H](O)c1cnc2ccccc2n1. The lowest BCUT2D eigenvalue weighted by Crippen LogP contribution is -1.96. The van der Waals surface area contributed by atoms with Gasteiger partial charge in [0, 0.05) is 0 Å². The highest BCUT2D eigenvalue weighted by Gasteiger charge is 2.03. The van der Waals surface area contributed by atoms with Crippen molar-refractivity contribution in [3.63, 3.8) is 0 Å². The van der Waals surface area contributed by atoms with E-state index in [0.717, 1.165) is 11.0 Å². The highest BCUT2D eigenvalue weighted by Crippen LogP contribution is 2.12. The van der Waals surface area contributed by atoms with Crippen LogP contribution in [0.2, 0.25) is 0 Å². The quantitative estimate of drug-likeness (QED) is 0.715. The monoisotopic (exact) mass is 174 g/mol. The van der Waals surface area contributed by atoms with Gasteiger partial charge in [0.05, 0.1) is 29.0 Å². The van der Waals surface area contributed by atoms with Gasteiger partial charge in [0.25, 0.3) is 0 Å². The number of hydrogen-bond donors (Lipinski definition) is 1. The fourth-order valence-corrected chi connectivity index (χ4v) is 1.17. The third-order valence-electron chi connectivity index (χ3n) is 1.90. The van der Waals surface area contributed by atoms with Gasteiger partial charge >= 0.3 is 0 Å². The molecule has 0 bridgehead atoms. The number of rotatable bonds is 1. The van der Waals surface area contributed by atoms with Crippen molar-refractivity contribution in [1.82, 2.24) is 9.97 Å². The number of nitrogens with zero attached hydrogens (tertiary/aromatic N) is 2. The van der Waals surface area contributed by atoms with Gasteiger partial charge in [0.2, 0.25) is 0 Å². The van der Waals surface area contributed by atoms with Crippen LogP contribution < -0.4 is 0 Å². The minimum atomic E-state index is -0.558. The molecule has 0 radical (unpaired) electrons. The lowest BCUT2D eigenvalue weighted by atomic mass is 10.2. The lowest BCUT2D eigenvalue weighted by Gasteiger charge is -2.03. The summed E-state index contributed by atoms with van der Waals surface area (Å²) in [4.78, 5) is 8.44. The molecule has 1 aromatic heterocycles. The predicted octanol–water partition coefficient (Wildman–Crippen LogP) is 1.68. The van der Waals surface area contributed by atoms with E-state index in [-0.39, 0.29) is 0 Å². The lowest BCUT2D eigenvalue weighted by molar-refractivity contribution is 0.194. The molecule has 0 saturated heterocycles. The van der Waals surface area contributed by atoms with Crippen molar-refractivity contribution in [1.29, 1.82) is 0 Å². The summed E-state index contributed by atoms with van der Waals surface area (Å²) in [6.07, 6.45) is 1.05. The Kier molecular flexibility index (Phi) is 1.94. The second-order valence-electron chi connectivity index (χ2n) is 2.96. The van der Waals surface area contributed by atoms with Gasteiger partial charge in [0.15, 0.2) is 0 Å². The highest BCUT2D eigenvalue weighted by atomic mass is 16.3. The molecule has 0 saturated carbocycles. The van der Waals surface area contributed by atoms with Gasteiger partial charge in [-0.3, -0.25) is 4.98 Å². The van der Waals surface area contributed by atoms with Crippen molar-refractivity contribution >= 4 is 11.0 Å². The smallest absolute Gasteiger partial charge is 0.0947 e. The Balaban J connectivity index is 2.62. The molecule has 0 fully saturated rings. The normalized spacial score (nSPS) is 13.1. The molecule has 66 valence electrons. The largest absolute Gasteiger partial charge is 0.387 e. The van der Waals surface area contributed by atoms with Gasteiger partial charge in [-0.2, -0.15) is 0 Å². The van der Waals surface area contributed by atoms with E-state index in [1.54, 1.807) is 13.1 Å². The van der Waals surface area contributed by atoms with E-state index in [2.05, 4.69) is 9.97 Å². The van der Waals surface area contributed by atoms with Crippen molar-refractivity contribution in [3.8, 4) is 0 Å². The zero-order valence-electron chi connectivity index (χ0n) is 7.31. The number of benzene rings is 1. The van der Waals surface area contributed by atoms with Crippen molar-refractivity contribution < 1.29 is 5.11 Å². The summed E-state index contributed by atoms with van der Waals surface area (Å²) in [5.74, 6) is 0. The molecular weight excluding hydrogens is 164 g/mol. The van der Waals surface area contributed by atoms with E-state index in [1.165, 1.54) is 0 Å². The van der Waals surface area contributed by atoms with Crippen LogP contribution in [0.15, 0.2) is 30.5 Å². The minimum Gasteiger partial charge on any atom is -0.387 e. The standard InChI is InChI=1S/C10H10N2O/c1-7(13)10-6-11-8-4-2-3-5-9(8)12-10/h2-7,13H,1H3/t7-/m0/s1. The first-order valence-electron chi connectivity index (χ1n) is 4.17. The van der Waals surface area contributed by atoms with E-state index in [9.17, 15) is 5.11 Å². The van der Waals surface area contributed by atoms with Crippen LogP contribution in [0, 0.1) is 0 Å². The number of aliphatic hydroxyl groups is 1. The molecule has 13 heavy (non-hydrogen) atoms. The number of fused-ring (bicyclic) bond motifs is 1. The molecule has 0 aliphatic rings. The summed E-state index contributed by atoms with van der Waals surface area (Å²) in [7, 11) is 0. The number of hydrogen-bond acceptors (Lipinski definition) is 3. The number of aromatic nitrogens is 2. The summed E-state index contributed by atoms with van der Waals surface area (Å²) >= 11 is 0. The van der Waals surface area contributed by atoms with Gasteiger partial charge in [-0.15, -0.1) is 0 Å². The van der Waals surface area contributed by atoms with Crippen LogP contribution in [0.3, 0.4) is 0 Å². The fourth-order valence-electron chi connectivity index (χ4n) is 1.17. The molecular formula is C10H10N2O. The molecule has 3 heteroatoms. The van der Waals surface area contributed by atoms with Crippen LogP contribution in [-0.4, -0.2) is 15.1 Å². The Bertz CT molecular complexity index is 426. The Morgan fingerprint density at radius 3 is 2.62 bits per heavy atom. The Labute approximate surface area is 76.1 Å². The molecule has 0 aliphatic carbocycles. The molecule has 1 aromatic carbocycles. The number of para-hydroxylation sites is 2. The molecule has 0 unspecified atom stereocenters. The highest BCUT2D eigenvalue weighted by molar-refractivity contribution is 5.73. The molecule has 3 nitrogen and oxygen atoms in total. The third kappa shape index (κ3) is 1.51. The summed E-state index contributed by atoms with van der Waals surface area (Å²) in [6.45, 7) is 1.68. The Hall–Kier alpha value is -1.48. The van der Waals surface area contributed by atoms with Crippen LogP contribution >= 0.6 is 0 Å². The van der Waals surface area contributed by atoms with Gasteiger partial charge in [-0.1, -0.05) is 12.1 Å². The molecule has 1 N–H and O–H groups in total. The summed E-state index contributed by atoms with van der Waals surface area (Å²) in [5, 5.41) is 9.28. The molecule has 0 aliphatic heterocycles. The van der Waals surface area contributed by atoms with Gasteiger partial charge < -0.3 is 5.11 Å². The van der Waals surface area contributed by atoms with Crippen molar-refractivity contribution in [2.45, 2.75) is 13.0 Å². The second kappa shape index (κ2) is 3.11. The maximum Gasteiger partial charge on any atom is 0.0947 e. The van der Waals surface area contributed by atoms with E-state index in [0.29, 0.717) is 5.69 Å². The van der Waals surface area contributed by atoms with E-state index < -0.39 is 6.10 Å². The van der Waals surface area contributed by atoms with Gasteiger partial charge in [-0.25, -0.2) is 4.98 Å².